The van der Waals surface area contributed by atoms with E-state index in [9.17, 15) is 27.2 Å². The third kappa shape index (κ3) is 6.37. The molecule has 0 aliphatic heterocycles. The highest BCUT2D eigenvalue weighted by Gasteiger charge is 2.44. The van der Waals surface area contributed by atoms with Crippen molar-refractivity contribution in [1.82, 2.24) is 5.32 Å². The topological polar surface area (TPSA) is 93.5 Å². The number of ether oxygens (including phenoxy) is 1. The predicted octanol–water partition coefficient (Wildman–Crippen LogP) is 3.71. The summed E-state index contributed by atoms with van der Waals surface area (Å²) in [6.45, 7) is 1.32. The van der Waals surface area contributed by atoms with Crippen molar-refractivity contribution in [2.45, 2.75) is 31.9 Å². The van der Waals surface area contributed by atoms with E-state index in [1.165, 1.54) is 13.0 Å². The molecule has 0 saturated heterocycles. The third-order valence-electron chi connectivity index (χ3n) is 3.76. The Bertz CT molecular complexity index is 863. The number of nitrogen functional groups attached to an aromatic ring is 1. The van der Waals surface area contributed by atoms with Crippen molar-refractivity contribution in [3.8, 4) is 5.75 Å². The predicted molar refractivity (Wildman–Crippen MR) is 98.7 cm³/mol. The summed E-state index contributed by atoms with van der Waals surface area (Å²) in [6, 6.07) is 11.5. The molecule has 0 bridgehead atoms. The second-order valence-corrected chi connectivity index (χ2v) is 6.13. The summed E-state index contributed by atoms with van der Waals surface area (Å²) < 4.78 is 54.4. The molecular formula is C19H19F4N3O3. The molecule has 0 heterocycles. The number of alkyl halides is 4. The first-order valence-corrected chi connectivity index (χ1v) is 8.45. The normalized spacial score (nSPS) is 12.3. The Labute approximate surface area is 164 Å². The SMILES string of the molecule is CC(=O)N[C@H](CC(=O)Nc1ccc(OC(F)(F)C(F)F)c(N)c1)c1ccccc1. The van der Waals surface area contributed by atoms with Gasteiger partial charge in [0.05, 0.1) is 18.2 Å². The van der Waals surface area contributed by atoms with Crippen LogP contribution < -0.4 is 21.1 Å². The average Bonchev–Trinajstić information content (AvgIpc) is 2.63. The molecule has 0 aliphatic rings. The van der Waals surface area contributed by atoms with Crippen LogP contribution in [0.1, 0.15) is 24.9 Å². The van der Waals surface area contributed by atoms with Crippen molar-refractivity contribution in [1.29, 1.82) is 0 Å². The first-order valence-electron chi connectivity index (χ1n) is 8.45. The molecule has 2 amide bonds. The Morgan fingerprint density at radius 3 is 2.34 bits per heavy atom. The minimum atomic E-state index is -4.69. The van der Waals surface area contributed by atoms with Gasteiger partial charge >= 0.3 is 12.5 Å². The van der Waals surface area contributed by atoms with Crippen LogP contribution in [0.15, 0.2) is 48.5 Å². The third-order valence-corrected chi connectivity index (χ3v) is 3.76. The molecule has 156 valence electrons. The standard InChI is InChI=1S/C19H19F4N3O3/c1-11(27)25-15(12-5-3-2-4-6-12)10-17(28)26-13-7-8-16(14(24)9-13)29-19(22,23)18(20)21/h2-9,15,18H,10,24H2,1H3,(H,25,27)(H,26,28)/t15-/m1/s1. The van der Waals surface area contributed by atoms with Crippen molar-refractivity contribution < 1.29 is 31.9 Å². The molecule has 4 N–H and O–H groups in total. The van der Waals surface area contributed by atoms with Crippen molar-refractivity contribution >= 4 is 23.2 Å². The lowest BCUT2D eigenvalue weighted by Gasteiger charge is -2.19. The maximum atomic E-state index is 13.0. The fourth-order valence-corrected chi connectivity index (χ4v) is 2.49. The number of hydrogen-bond acceptors (Lipinski definition) is 4. The van der Waals surface area contributed by atoms with Crippen molar-refractivity contribution in [2.75, 3.05) is 11.1 Å². The minimum Gasteiger partial charge on any atom is -0.426 e. The highest BCUT2D eigenvalue weighted by atomic mass is 19.3. The first-order chi connectivity index (χ1) is 13.6. The van der Waals surface area contributed by atoms with Gasteiger partial charge in [0.25, 0.3) is 0 Å². The fourth-order valence-electron chi connectivity index (χ4n) is 2.49. The lowest BCUT2D eigenvalue weighted by Crippen LogP contribution is -2.33. The summed E-state index contributed by atoms with van der Waals surface area (Å²) in [5.41, 5.74) is 6.06. The van der Waals surface area contributed by atoms with Crippen LogP contribution in [-0.2, 0) is 9.59 Å². The molecule has 1 atom stereocenters. The van der Waals surface area contributed by atoms with Gasteiger partial charge in [-0.15, -0.1) is 0 Å². The number of amides is 2. The van der Waals surface area contributed by atoms with Gasteiger partial charge in [0, 0.05) is 12.6 Å². The van der Waals surface area contributed by atoms with E-state index in [0.29, 0.717) is 0 Å². The van der Waals surface area contributed by atoms with Gasteiger partial charge in [0.2, 0.25) is 11.8 Å². The lowest BCUT2D eigenvalue weighted by molar-refractivity contribution is -0.252. The lowest BCUT2D eigenvalue weighted by atomic mass is 10.0. The summed E-state index contributed by atoms with van der Waals surface area (Å²) in [7, 11) is 0. The van der Waals surface area contributed by atoms with Gasteiger partial charge < -0.3 is 21.1 Å². The van der Waals surface area contributed by atoms with Crippen molar-refractivity contribution in [3.05, 3.63) is 54.1 Å². The summed E-state index contributed by atoms with van der Waals surface area (Å²) >= 11 is 0. The van der Waals surface area contributed by atoms with Crippen LogP contribution in [-0.4, -0.2) is 24.3 Å². The van der Waals surface area contributed by atoms with E-state index in [1.807, 2.05) is 0 Å². The van der Waals surface area contributed by atoms with Crippen molar-refractivity contribution in [3.63, 3.8) is 0 Å². The molecule has 0 aromatic heterocycles. The van der Waals surface area contributed by atoms with Crippen LogP contribution in [0.3, 0.4) is 0 Å². The van der Waals surface area contributed by atoms with E-state index in [-0.39, 0.29) is 23.7 Å². The molecule has 0 saturated carbocycles. The molecule has 2 aromatic carbocycles. The number of carbonyl (C=O) groups is 2. The Morgan fingerprint density at radius 2 is 1.79 bits per heavy atom. The van der Waals surface area contributed by atoms with Crippen LogP contribution in [0, 0.1) is 0 Å². The van der Waals surface area contributed by atoms with Gasteiger partial charge in [-0.3, -0.25) is 9.59 Å². The van der Waals surface area contributed by atoms with E-state index < -0.39 is 30.2 Å². The Morgan fingerprint density at radius 1 is 1.14 bits per heavy atom. The summed E-state index contributed by atoms with van der Waals surface area (Å²) in [6.07, 6.45) is -8.82. The summed E-state index contributed by atoms with van der Waals surface area (Å²) in [5, 5.41) is 5.18. The zero-order valence-electron chi connectivity index (χ0n) is 15.3. The van der Waals surface area contributed by atoms with Crippen LogP contribution >= 0.6 is 0 Å². The van der Waals surface area contributed by atoms with Crippen LogP contribution in [0.2, 0.25) is 0 Å². The molecule has 10 heteroatoms. The van der Waals surface area contributed by atoms with E-state index in [1.54, 1.807) is 30.3 Å². The average molecular weight is 413 g/mol. The zero-order chi connectivity index (χ0) is 21.6. The Balaban J connectivity index is 2.07. The van der Waals surface area contributed by atoms with Gasteiger partial charge in [-0.25, -0.2) is 0 Å². The number of carbonyl (C=O) groups excluding carboxylic acids is 2. The molecule has 0 radical (unpaired) electrons. The molecule has 29 heavy (non-hydrogen) atoms. The van der Waals surface area contributed by atoms with E-state index in [2.05, 4.69) is 15.4 Å². The monoisotopic (exact) mass is 413 g/mol. The maximum absolute atomic E-state index is 13.0. The second kappa shape index (κ2) is 9.26. The Hall–Kier alpha value is -3.30. The second-order valence-electron chi connectivity index (χ2n) is 6.13. The number of hydrogen-bond donors (Lipinski definition) is 3. The quantitative estimate of drug-likeness (QED) is 0.454. The largest absolute Gasteiger partial charge is 0.461 e. The van der Waals surface area contributed by atoms with Gasteiger partial charge in [0.1, 0.15) is 5.75 Å². The van der Waals surface area contributed by atoms with E-state index >= 15 is 0 Å². The first kappa shape index (κ1) is 22.0. The number of benzene rings is 2. The molecular weight excluding hydrogens is 394 g/mol. The van der Waals surface area contributed by atoms with E-state index in [4.69, 9.17) is 5.73 Å². The van der Waals surface area contributed by atoms with Crippen molar-refractivity contribution in [2.24, 2.45) is 0 Å². The smallest absolute Gasteiger partial charge is 0.426 e. The zero-order valence-corrected chi connectivity index (χ0v) is 15.3. The van der Waals surface area contributed by atoms with Gasteiger partial charge in [0.15, 0.2) is 0 Å². The fraction of sp³-hybridized carbons (Fsp3) is 0.263. The molecule has 0 unspecified atom stereocenters. The molecule has 0 spiro atoms. The summed E-state index contributed by atoms with van der Waals surface area (Å²) in [4.78, 5) is 23.8. The highest BCUT2D eigenvalue weighted by molar-refractivity contribution is 5.92. The number of nitrogens with one attached hydrogen (secondary N) is 2. The van der Waals surface area contributed by atoms with Crippen LogP contribution in [0.5, 0.6) is 5.75 Å². The number of halogens is 4. The molecule has 2 rings (SSSR count). The number of nitrogens with two attached hydrogens (primary N) is 1. The molecule has 0 fully saturated rings. The summed E-state index contributed by atoms with van der Waals surface area (Å²) in [5.74, 6) is -1.45. The minimum absolute atomic E-state index is 0.106. The van der Waals surface area contributed by atoms with E-state index in [0.717, 1.165) is 17.7 Å². The highest BCUT2D eigenvalue weighted by Crippen LogP contribution is 2.33. The molecule has 2 aromatic rings. The van der Waals surface area contributed by atoms with Gasteiger partial charge in [-0.2, -0.15) is 17.6 Å². The van der Waals surface area contributed by atoms with Crippen LogP contribution in [0.25, 0.3) is 0 Å². The van der Waals surface area contributed by atoms with Gasteiger partial charge in [-0.1, -0.05) is 30.3 Å². The number of rotatable bonds is 8. The maximum Gasteiger partial charge on any atom is 0.461 e. The van der Waals surface area contributed by atoms with Gasteiger partial charge in [-0.05, 0) is 23.8 Å². The van der Waals surface area contributed by atoms with Crippen LogP contribution in [0.4, 0.5) is 28.9 Å². The Kier molecular flexibility index (Phi) is 7.03. The molecule has 6 nitrogen and oxygen atoms in total. The number of anilines is 2. The molecule has 0 aliphatic carbocycles.